The molecule has 20 heavy (non-hydrogen) atoms. The Morgan fingerprint density at radius 1 is 1.55 bits per heavy atom. The number of rotatable bonds is 4. The number of hydrogen-bond acceptors (Lipinski definition) is 4. The smallest absolute Gasteiger partial charge is 0.222 e. The summed E-state index contributed by atoms with van der Waals surface area (Å²) in [6.45, 7) is 4.05. The molecule has 1 saturated heterocycles. The minimum absolute atomic E-state index is 0.153. The average Bonchev–Trinajstić information content (AvgIpc) is 2.42. The van der Waals surface area contributed by atoms with Gasteiger partial charge >= 0.3 is 0 Å². The van der Waals surface area contributed by atoms with Gasteiger partial charge in [0.25, 0.3) is 0 Å². The van der Waals surface area contributed by atoms with Gasteiger partial charge in [-0.15, -0.1) is 0 Å². The Balaban J connectivity index is 2.27. The van der Waals surface area contributed by atoms with Crippen molar-refractivity contribution in [2.75, 3.05) is 29.9 Å². The molecule has 2 rings (SSSR count). The van der Waals surface area contributed by atoms with Crippen LogP contribution in [0.15, 0.2) is 6.07 Å². The number of aromatic nitrogens is 1. The molecule has 0 aromatic carbocycles. The molecule has 1 atom stereocenters. The summed E-state index contributed by atoms with van der Waals surface area (Å²) in [5, 5.41) is 4.07. The fourth-order valence-corrected chi connectivity index (χ4v) is 2.92. The number of carbonyl (C=O) groups is 1. The fraction of sp³-hybridized carbons (Fsp3) is 0.538. The predicted octanol–water partition coefficient (Wildman–Crippen LogP) is 2.52. The second-order valence-electron chi connectivity index (χ2n) is 4.84. The summed E-state index contributed by atoms with van der Waals surface area (Å²) in [5.41, 5.74) is 5.39. The quantitative estimate of drug-likeness (QED) is 0.895. The number of hydrogen-bond donors (Lipinski definition) is 2. The number of carbonyl (C=O) groups excluding carboxylic acids is 1. The molecule has 1 unspecified atom stereocenters. The van der Waals surface area contributed by atoms with Gasteiger partial charge in [-0.1, -0.05) is 23.2 Å². The van der Waals surface area contributed by atoms with Crippen LogP contribution in [0, 0.1) is 5.92 Å². The van der Waals surface area contributed by atoms with Crippen LogP contribution in [0.5, 0.6) is 0 Å². The summed E-state index contributed by atoms with van der Waals surface area (Å²) in [6, 6.07) is 1.68. The average molecular weight is 317 g/mol. The summed E-state index contributed by atoms with van der Waals surface area (Å²) in [5.74, 6) is 0.833. The zero-order chi connectivity index (χ0) is 14.7. The van der Waals surface area contributed by atoms with E-state index >= 15 is 0 Å². The first-order chi connectivity index (χ1) is 9.52. The van der Waals surface area contributed by atoms with Gasteiger partial charge in [0.05, 0.1) is 16.0 Å². The van der Waals surface area contributed by atoms with Crippen molar-refractivity contribution < 1.29 is 4.79 Å². The van der Waals surface area contributed by atoms with Crippen LogP contribution in [0.1, 0.15) is 19.8 Å². The first kappa shape index (κ1) is 15.2. The van der Waals surface area contributed by atoms with Crippen LogP contribution >= 0.6 is 23.2 Å². The number of pyridine rings is 1. The van der Waals surface area contributed by atoms with E-state index in [0.29, 0.717) is 28.2 Å². The Bertz CT molecular complexity index is 509. The zero-order valence-corrected chi connectivity index (χ0v) is 12.8. The Kier molecular flexibility index (Phi) is 4.94. The molecular weight excluding hydrogens is 299 g/mol. The van der Waals surface area contributed by atoms with E-state index in [-0.39, 0.29) is 11.8 Å². The zero-order valence-electron chi connectivity index (χ0n) is 11.3. The Labute approximate surface area is 128 Å². The topological polar surface area (TPSA) is 71.2 Å². The normalized spacial score (nSPS) is 18.9. The standard InChI is InChI=1S/C13H18Cl2N4O/c1-2-17-12-9(14)6-10(15)13(18-12)19-5-3-4-8(7-19)11(16)20/h6,8H,2-5,7H2,1H3,(H2,16,20)(H,17,18). The van der Waals surface area contributed by atoms with E-state index in [9.17, 15) is 4.79 Å². The van der Waals surface area contributed by atoms with Gasteiger partial charge in [-0.25, -0.2) is 4.98 Å². The lowest BCUT2D eigenvalue weighted by atomic mass is 9.97. The van der Waals surface area contributed by atoms with Crippen LogP contribution in [0.25, 0.3) is 0 Å². The number of anilines is 2. The maximum Gasteiger partial charge on any atom is 0.222 e. The van der Waals surface area contributed by atoms with Gasteiger partial charge in [0.2, 0.25) is 5.91 Å². The molecule has 0 radical (unpaired) electrons. The number of nitrogens with one attached hydrogen (secondary N) is 1. The van der Waals surface area contributed by atoms with Crippen LogP contribution in [-0.2, 0) is 4.79 Å². The first-order valence-electron chi connectivity index (χ1n) is 6.67. The van der Waals surface area contributed by atoms with Crippen LogP contribution in [0.4, 0.5) is 11.6 Å². The van der Waals surface area contributed by atoms with Crippen molar-refractivity contribution in [1.82, 2.24) is 4.98 Å². The molecule has 5 nitrogen and oxygen atoms in total. The summed E-state index contributed by atoms with van der Waals surface area (Å²) in [6.07, 6.45) is 1.71. The monoisotopic (exact) mass is 316 g/mol. The Hall–Kier alpha value is -1.20. The summed E-state index contributed by atoms with van der Waals surface area (Å²) < 4.78 is 0. The van der Waals surface area contributed by atoms with Gasteiger partial charge < -0.3 is 16.0 Å². The van der Waals surface area contributed by atoms with E-state index in [0.717, 1.165) is 25.9 Å². The molecule has 2 heterocycles. The lowest BCUT2D eigenvalue weighted by molar-refractivity contribution is -0.122. The van der Waals surface area contributed by atoms with Crippen molar-refractivity contribution in [1.29, 1.82) is 0 Å². The van der Waals surface area contributed by atoms with Crippen LogP contribution in [0.2, 0.25) is 10.0 Å². The second kappa shape index (κ2) is 6.50. The first-order valence-corrected chi connectivity index (χ1v) is 7.42. The predicted molar refractivity (Wildman–Crippen MR) is 82.6 cm³/mol. The molecule has 1 aliphatic rings. The number of nitrogens with two attached hydrogens (primary N) is 1. The van der Waals surface area contributed by atoms with Crippen molar-refractivity contribution in [2.24, 2.45) is 11.7 Å². The van der Waals surface area contributed by atoms with Crippen molar-refractivity contribution in [3.63, 3.8) is 0 Å². The highest BCUT2D eigenvalue weighted by molar-refractivity contribution is 6.37. The van der Waals surface area contributed by atoms with E-state index in [1.165, 1.54) is 0 Å². The molecule has 0 aliphatic carbocycles. The molecule has 0 saturated carbocycles. The van der Waals surface area contributed by atoms with Crippen molar-refractivity contribution >= 4 is 40.7 Å². The van der Waals surface area contributed by atoms with Gasteiger partial charge in [-0.3, -0.25) is 4.79 Å². The molecular formula is C13H18Cl2N4O. The maximum atomic E-state index is 11.3. The summed E-state index contributed by atoms with van der Waals surface area (Å²) in [7, 11) is 0. The molecule has 7 heteroatoms. The maximum absolute atomic E-state index is 11.3. The SMILES string of the molecule is CCNc1nc(N2CCCC(C(N)=O)C2)c(Cl)cc1Cl. The molecule has 110 valence electrons. The van der Waals surface area contributed by atoms with Crippen molar-refractivity contribution in [2.45, 2.75) is 19.8 Å². The fourth-order valence-electron chi connectivity index (χ4n) is 2.37. The highest BCUT2D eigenvalue weighted by atomic mass is 35.5. The largest absolute Gasteiger partial charge is 0.369 e. The molecule has 0 spiro atoms. The summed E-state index contributed by atoms with van der Waals surface area (Å²) >= 11 is 12.3. The highest BCUT2D eigenvalue weighted by Crippen LogP contribution is 2.33. The van der Waals surface area contributed by atoms with E-state index in [4.69, 9.17) is 28.9 Å². The minimum Gasteiger partial charge on any atom is -0.369 e. The second-order valence-corrected chi connectivity index (χ2v) is 5.66. The van der Waals surface area contributed by atoms with E-state index < -0.39 is 0 Å². The molecule has 1 aliphatic heterocycles. The van der Waals surface area contributed by atoms with Gasteiger partial charge in [-0.2, -0.15) is 0 Å². The Morgan fingerprint density at radius 2 is 2.30 bits per heavy atom. The van der Waals surface area contributed by atoms with E-state index in [1.54, 1.807) is 6.07 Å². The molecule has 1 aromatic heterocycles. The van der Waals surface area contributed by atoms with Crippen LogP contribution in [-0.4, -0.2) is 30.5 Å². The number of halogens is 2. The van der Waals surface area contributed by atoms with Crippen LogP contribution in [0.3, 0.4) is 0 Å². The lowest BCUT2D eigenvalue weighted by Gasteiger charge is -2.32. The van der Waals surface area contributed by atoms with Crippen molar-refractivity contribution in [3.05, 3.63) is 16.1 Å². The highest BCUT2D eigenvalue weighted by Gasteiger charge is 2.26. The summed E-state index contributed by atoms with van der Waals surface area (Å²) in [4.78, 5) is 17.8. The van der Waals surface area contributed by atoms with Gasteiger partial charge in [0.1, 0.15) is 11.6 Å². The number of nitrogens with zero attached hydrogens (tertiary/aromatic N) is 2. The van der Waals surface area contributed by atoms with Gasteiger partial charge in [0, 0.05) is 19.6 Å². The van der Waals surface area contributed by atoms with E-state index in [1.807, 2.05) is 11.8 Å². The third-order valence-electron chi connectivity index (χ3n) is 3.38. The number of primary amides is 1. The van der Waals surface area contributed by atoms with E-state index in [2.05, 4.69) is 10.3 Å². The molecule has 1 fully saturated rings. The van der Waals surface area contributed by atoms with Gasteiger partial charge in [-0.05, 0) is 25.8 Å². The number of amides is 1. The van der Waals surface area contributed by atoms with Crippen molar-refractivity contribution in [3.8, 4) is 0 Å². The van der Waals surface area contributed by atoms with Gasteiger partial charge in [0.15, 0.2) is 0 Å². The molecule has 3 N–H and O–H groups in total. The molecule has 1 amide bonds. The Morgan fingerprint density at radius 3 is 2.95 bits per heavy atom. The third kappa shape index (κ3) is 3.27. The van der Waals surface area contributed by atoms with Crippen LogP contribution < -0.4 is 16.0 Å². The lowest BCUT2D eigenvalue weighted by Crippen LogP contribution is -2.41. The third-order valence-corrected chi connectivity index (χ3v) is 3.94. The molecule has 1 aromatic rings. The minimum atomic E-state index is -0.272. The molecule has 0 bridgehead atoms. The number of piperidine rings is 1.